The molecule has 0 aliphatic heterocycles. The zero-order valence-electron chi connectivity index (χ0n) is 18.4. The minimum absolute atomic E-state index is 0.0193. The molecule has 0 amide bonds. The van der Waals surface area contributed by atoms with Gasteiger partial charge in [-0.1, -0.05) is 0 Å². The fourth-order valence-electron chi connectivity index (χ4n) is 4.02. The molecule has 0 radical (unpaired) electrons. The van der Waals surface area contributed by atoms with Crippen molar-refractivity contribution in [2.75, 3.05) is 16.8 Å². The number of hydrogen-bond donors (Lipinski definition) is 3. The van der Waals surface area contributed by atoms with Gasteiger partial charge in [0.25, 0.3) is 5.56 Å². The average molecular weight is 486 g/mol. The first-order chi connectivity index (χ1) is 17.3. The van der Waals surface area contributed by atoms with E-state index >= 15 is 0 Å². The Morgan fingerprint density at radius 1 is 1.06 bits per heavy atom. The monoisotopic (exact) mass is 486 g/mol. The second kappa shape index (κ2) is 8.56. The smallest absolute Gasteiger partial charge is 0.266 e. The van der Waals surface area contributed by atoms with Crippen LogP contribution in [0, 0.1) is 40.2 Å². The van der Waals surface area contributed by atoms with Gasteiger partial charge in [0, 0.05) is 6.07 Å². The van der Waals surface area contributed by atoms with Crippen LogP contribution in [0.25, 0.3) is 16.6 Å². The molecule has 36 heavy (non-hydrogen) atoms. The Hall–Kier alpha value is -5.17. The average Bonchev–Trinajstić information content (AvgIpc) is 3.67. The van der Waals surface area contributed by atoms with Gasteiger partial charge in [-0.25, -0.2) is 13.8 Å². The van der Waals surface area contributed by atoms with Gasteiger partial charge in [-0.2, -0.15) is 20.5 Å². The van der Waals surface area contributed by atoms with E-state index in [1.54, 1.807) is 0 Å². The Labute approximate surface area is 201 Å². The maximum absolute atomic E-state index is 14.2. The minimum Gasteiger partial charge on any atom is -0.382 e. The van der Waals surface area contributed by atoms with E-state index in [0.29, 0.717) is 0 Å². The summed E-state index contributed by atoms with van der Waals surface area (Å²) in [6, 6.07) is 6.07. The number of pyridine rings is 1. The fourth-order valence-corrected chi connectivity index (χ4v) is 4.02. The molecule has 0 bridgehead atoms. The van der Waals surface area contributed by atoms with Crippen LogP contribution >= 0.6 is 0 Å². The first-order valence-electron chi connectivity index (χ1n) is 10.7. The quantitative estimate of drug-likeness (QED) is 0.378. The first kappa shape index (κ1) is 22.6. The van der Waals surface area contributed by atoms with E-state index < -0.39 is 23.2 Å². The number of nitrogens with one attached hydrogen (secondary N) is 1. The number of rotatable bonds is 5. The Kier molecular flexibility index (Phi) is 5.37. The van der Waals surface area contributed by atoms with Crippen LogP contribution < -0.4 is 22.3 Å². The van der Waals surface area contributed by atoms with Gasteiger partial charge >= 0.3 is 0 Å². The standard InChI is InChI=1S/C23H16F2N10O/c24-12-3-11(6-26)17-15(5-12)22(36)35(14-4-13(25)8-30-9-14)21(32-17)18(10-1-2-10)31-20-16(7-27)19(28)33-23(29)34-20/h3-5,8-10,18H,1-2H2,(H5,28,29,31,33,34)/t18-/m0/s1. The van der Waals surface area contributed by atoms with Crippen LogP contribution in [-0.2, 0) is 0 Å². The first-order valence-corrected chi connectivity index (χ1v) is 10.7. The van der Waals surface area contributed by atoms with E-state index in [2.05, 4.69) is 25.3 Å². The second-order valence-electron chi connectivity index (χ2n) is 8.20. The SMILES string of the molecule is N#Cc1c(N)nc(N)nc1N[C@H](c1nc2c(C#N)cc(F)cc2c(=O)n1-c1cncc(F)c1)C1CC1. The Morgan fingerprint density at radius 3 is 2.50 bits per heavy atom. The molecule has 0 unspecified atom stereocenters. The molecule has 1 atom stereocenters. The Morgan fingerprint density at radius 2 is 1.83 bits per heavy atom. The van der Waals surface area contributed by atoms with E-state index in [0.717, 1.165) is 41.8 Å². The molecule has 1 saturated carbocycles. The van der Waals surface area contributed by atoms with Crippen LogP contribution in [0.5, 0.6) is 0 Å². The van der Waals surface area contributed by atoms with Gasteiger partial charge in [0.2, 0.25) is 5.95 Å². The maximum Gasteiger partial charge on any atom is 0.266 e. The van der Waals surface area contributed by atoms with Crippen LogP contribution in [0.4, 0.5) is 26.4 Å². The zero-order valence-corrected chi connectivity index (χ0v) is 18.4. The summed E-state index contributed by atoms with van der Waals surface area (Å²) in [5, 5.41) is 22.1. The molecule has 0 saturated heterocycles. The summed E-state index contributed by atoms with van der Waals surface area (Å²) in [5.41, 5.74) is 10.7. The summed E-state index contributed by atoms with van der Waals surface area (Å²) in [6.07, 6.45) is 3.70. The van der Waals surface area contributed by atoms with Crippen molar-refractivity contribution in [3.05, 3.63) is 69.5 Å². The number of fused-ring (bicyclic) bond motifs is 1. The summed E-state index contributed by atoms with van der Waals surface area (Å²) >= 11 is 0. The molecule has 5 N–H and O–H groups in total. The van der Waals surface area contributed by atoms with Gasteiger partial charge in [0.1, 0.15) is 41.0 Å². The topological polar surface area (TPSA) is 185 Å². The van der Waals surface area contributed by atoms with Crippen LogP contribution in [0.3, 0.4) is 0 Å². The van der Waals surface area contributed by atoms with E-state index in [4.69, 9.17) is 11.5 Å². The highest BCUT2D eigenvalue weighted by Gasteiger charge is 2.37. The van der Waals surface area contributed by atoms with Gasteiger partial charge in [0.05, 0.1) is 40.6 Å². The Balaban J connectivity index is 1.81. The van der Waals surface area contributed by atoms with Crippen LogP contribution in [0.2, 0.25) is 0 Å². The molecule has 0 spiro atoms. The lowest BCUT2D eigenvalue weighted by Gasteiger charge is -2.23. The molecule has 3 aromatic heterocycles. The predicted octanol–water partition coefficient (Wildman–Crippen LogP) is 2.32. The van der Waals surface area contributed by atoms with Gasteiger partial charge in [-0.3, -0.25) is 14.3 Å². The number of nitrogens with zero attached hydrogens (tertiary/aromatic N) is 7. The number of nitriles is 2. The van der Waals surface area contributed by atoms with Crippen molar-refractivity contribution in [3.8, 4) is 17.8 Å². The normalized spacial score (nSPS) is 13.7. The molecule has 178 valence electrons. The maximum atomic E-state index is 14.2. The summed E-state index contributed by atoms with van der Waals surface area (Å²) in [5.74, 6) is -1.77. The summed E-state index contributed by atoms with van der Waals surface area (Å²) in [6.45, 7) is 0. The number of halogens is 2. The lowest BCUT2D eigenvalue weighted by Crippen LogP contribution is -2.30. The van der Waals surface area contributed by atoms with Crippen molar-refractivity contribution >= 4 is 28.5 Å². The molecule has 4 aromatic rings. The molecule has 11 nitrogen and oxygen atoms in total. The molecule has 3 heterocycles. The summed E-state index contributed by atoms with van der Waals surface area (Å²) < 4.78 is 29.5. The van der Waals surface area contributed by atoms with E-state index in [1.165, 1.54) is 6.20 Å². The third kappa shape index (κ3) is 3.88. The molecule has 13 heteroatoms. The van der Waals surface area contributed by atoms with Crippen molar-refractivity contribution in [1.82, 2.24) is 24.5 Å². The number of anilines is 3. The lowest BCUT2D eigenvalue weighted by molar-refractivity contribution is 0.599. The van der Waals surface area contributed by atoms with Crippen molar-refractivity contribution in [3.63, 3.8) is 0 Å². The van der Waals surface area contributed by atoms with Crippen LogP contribution in [0.1, 0.15) is 35.8 Å². The highest BCUT2D eigenvalue weighted by molar-refractivity contribution is 5.84. The molecule has 5 rings (SSSR count). The third-order valence-electron chi connectivity index (χ3n) is 5.76. The van der Waals surface area contributed by atoms with E-state index in [-0.39, 0.29) is 57.0 Å². The molecule has 1 aromatic carbocycles. The molecule has 1 fully saturated rings. The number of nitrogens with two attached hydrogens (primary N) is 2. The minimum atomic E-state index is -0.794. The number of hydrogen-bond acceptors (Lipinski definition) is 10. The van der Waals surface area contributed by atoms with Crippen molar-refractivity contribution in [2.45, 2.75) is 18.9 Å². The van der Waals surface area contributed by atoms with Crippen molar-refractivity contribution < 1.29 is 8.78 Å². The largest absolute Gasteiger partial charge is 0.382 e. The molecular weight excluding hydrogens is 470 g/mol. The van der Waals surface area contributed by atoms with Gasteiger partial charge in [-0.15, -0.1) is 0 Å². The van der Waals surface area contributed by atoms with E-state index in [1.807, 2.05) is 12.1 Å². The Bertz CT molecular complexity index is 1680. The molecule has 1 aliphatic carbocycles. The van der Waals surface area contributed by atoms with Gasteiger partial charge in [0.15, 0.2) is 5.82 Å². The van der Waals surface area contributed by atoms with Gasteiger partial charge in [-0.05, 0) is 30.9 Å². The van der Waals surface area contributed by atoms with Gasteiger partial charge < -0.3 is 16.8 Å². The highest BCUT2D eigenvalue weighted by Crippen LogP contribution is 2.43. The number of benzene rings is 1. The highest BCUT2D eigenvalue weighted by atomic mass is 19.1. The third-order valence-corrected chi connectivity index (χ3v) is 5.76. The van der Waals surface area contributed by atoms with Crippen molar-refractivity contribution in [2.24, 2.45) is 5.92 Å². The van der Waals surface area contributed by atoms with Crippen molar-refractivity contribution in [1.29, 1.82) is 10.5 Å². The summed E-state index contributed by atoms with van der Waals surface area (Å²) in [4.78, 5) is 30.0. The lowest BCUT2D eigenvalue weighted by atomic mass is 10.1. The fraction of sp³-hybridized carbons (Fsp3) is 0.174. The second-order valence-corrected chi connectivity index (χ2v) is 8.20. The summed E-state index contributed by atoms with van der Waals surface area (Å²) in [7, 11) is 0. The predicted molar refractivity (Wildman–Crippen MR) is 124 cm³/mol. The van der Waals surface area contributed by atoms with Crippen LogP contribution in [0.15, 0.2) is 35.4 Å². The molecule has 1 aliphatic rings. The zero-order chi connectivity index (χ0) is 25.6. The number of aromatic nitrogens is 5. The van der Waals surface area contributed by atoms with E-state index in [9.17, 15) is 24.1 Å². The molecular formula is C23H16F2N10O. The number of nitrogen functional groups attached to an aromatic ring is 2. The van der Waals surface area contributed by atoms with Crippen LogP contribution in [-0.4, -0.2) is 24.5 Å².